The molecule has 0 saturated carbocycles. The van der Waals surface area contributed by atoms with Gasteiger partial charge in [0.1, 0.15) is 0 Å². The standard InChI is InChI=1S/C14H42O15Si10/c1-15-32(7)20-33(8,16-2)22-37(12)26-36(11,21-32)27-38(13)24-34(9)18-30(3,4)17-31(5,6)19-35(10,23-34)25-39(14,28-37)29-38/h1-14H3. The molecule has 0 spiro atoms. The maximum absolute atomic E-state index is 6.72. The Kier molecular flexibility index (Phi) is 8.61. The predicted molar refractivity (Wildman–Crippen MR) is 156 cm³/mol. The van der Waals surface area contributed by atoms with E-state index in [1.54, 1.807) is 52.4 Å². The second kappa shape index (κ2) is 10.0. The third kappa shape index (κ3) is 7.63. The van der Waals surface area contributed by atoms with Gasteiger partial charge in [0.25, 0.3) is 0 Å². The molecule has 8 unspecified atom stereocenters. The molecule has 0 N–H and O–H groups in total. The van der Waals surface area contributed by atoms with Crippen LogP contribution in [0.4, 0.5) is 0 Å². The summed E-state index contributed by atoms with van der Waals surface area (Å²) in [5.41, 5.74) is 0. The molecule has 4 fully saturated rings. The Balaban J connectivity index is 1.85. The summed E-state index contributed by atoms with van der Waals surface area (Å²) >= 11 is 0. The van der Waals surface area contributed by atoms with Crippen molar-refractivity contribution in [2.75, 3.05) is 14.2 Å². The molecule has 25 heteroatoms. The smallest absolute Gasteiger partial charge is 0.416 e. The lowest BCUT2D eigenvalue weighted by Crippen LogP contribution is -2.81. The van der Waals surface area contributed by atoms with Crippen LogP contribution in [-0.4, -0.2) is 102 Å². The fourth-order valence-corrected chi connectivity index (χ4v) is 57.5. The van der Waals surface area contributed by atoms with Gasteiger partial charge in [-0.15, -0.1) is 0 Å². The minimum atomic E-state index is -3.75. The van der Waals surface area contributed by atoms with Crippen molar-refractivity contribution in [2.45, 2.75) is 78.6 Å². The zero-order valence-electron chi connectivity index (χ0n) is 25.1. The maximum Gasteiger partial charge on any atom is 0.482 e. The van der Waals surface area contributed by atoms with E-state index in [9.17, 15) is 0 Å². The SMILES string of the molecule is CO[Si]1(C)O[Si](C)(OC)O[Si]2(C)O[Si](C)(O1)O[Si]1(C)O[Si]3(C)O[Si](C)(C)O[Si](C)(C)O[Si](C)(O3)O[Si](C)(O2)O1. The Morgan fingerprint density at radius 2 is 0.513 bits per heavy atom. The Morgan fingerprint density at radius 3 is 0.769 bits per heavy atom. The molecule has 0 aliphatic carbocycles. The van der Waals surface area contributed by atoms with Crippen LogP contribution in [0.25, 0.3) is 0 Å². The van der Waals surface area contributed by atoms with Crippen molar-refractivity contribution >= 4 is 87.6 Å². The zero-order chi connectivity index (χ0) is 29.6. The van der Waals surface area contributed by atoms with Gasteiger partial charge < -0.3 is 62.3 Å². The van der Waals surface area contributed by atoms with E-state index in [-0.39, 0.29) is 0 Å². The van der Waals surface area contributed by atoms with Crippen LogP contribution in [0, 0.1) is 0 Å². The van der Waals surface area contributed by atoms with E-state index in [1.807, 2.05) is 26.2 Å². The van der Waals surface area contributed by atoms with E-state index in [2.05, 4.69) is 0 Å². The maximum atomic E-state index is 6.72. The van der Waals surface area contributed by atoms with Crippen LogP contribution in [0.3, 0.4) is 0 Å². The fourth-order valence-electron chi connectivity index (χ4n) is 5.48. The van der Waals surface area contributed by atoms with Crippen molar-refractivity contribution < 1.29 is 62.3 Å². The van der Waals surface area contributed by atoms with Crippen LogP contribution in [0.1, 0.15) is 0 Å². The van der Waals surface area contributed by atoms with Gasteiger partial charge in [-0.2, -0.15) is 0 Å². The second-order valence-electron chi connectivity index (χ2n) is 11.4. The summed E-state index contributed by atoms with van der Waals surface area (Å²) in [6.07, 6.45) is 0. The summed E-state index contributed by atoms with van der Waals surface area (Å²) in [7, 11) is -31.4. The topological polar surface area (TPSA) is 138 Å². The molecule has 0 aromatic rings. The van der Waals surface area contributed by atoms with E-state index in [0.29, 0.717) is 0 Å². The van der Waals surface area contributed by atoms with Gasteiger partial charge in [-0.05, 0) is 26.2 Å². The van der Waals surface area contributed by atoms with E-state index < -0.39 is 87.6 Å². The van der Waals surface area contributed by atoms with E-state index in [0.717, 1.165) is 0 Å². The summed E-state index contributed by atoms with van der Waals surface area (Å²) in [6.45, 7) is 21.6. The summed E-state index contributed by atoms with van der Waals surface area (Å²) < 4.78 is 97.2. The van der Waals surface area contributed by atoms with E-state index in [4.69, 9.17) is 62.3 Å². The second-order valence-corrected chi connectivity index (χ2v) is 42.3. The molecule has 4 aliphatic heterocycles. The minimum Gasteiger partial charge on any atom is -0.416 e. The highest BCUT2D eigenvalue weighted by atomic mass is 28.6. The first kappa shape index (κ1) is 33.5. The first-order chi connectivity index (χ1) is 17.3. The molecule has 4 aliphatic rings. The Morgan fingerprint density at radius 1 is 0.282 bits per heavy atom. The van der Waals surface area contributed by atoms with Gasteiger partial charge in [0, 0.05) is 66.6 Å². The quantitative estimate of drug-likeness (QED) is 0.385. The number of hydrogen-bond donors (Lipinski definition) is 0. The molecule has 0 radical (unpaired) electrons. The molecule has 8 atom stereocenters. The van der Waals surface area contributed by atoms with E-state index in [1.165, 1.54) is 14.2 Å². The predicted octanol–water partition coefficient (Wildman–Crippen LogP) is 2.50. The summed E-state index contributed by atoms with van der Waals surface area (Å²) in [6, 6.07) is 0. The lowest BCUT2D eigenvalue weighted by Gasteiger charge is -2.56. The van der Waals surface area contributed by atoms with Crippen molar-refractivity contribution in [3.8, 4) is 0 Å². The van der Waals surface area contributed by atoms with Crippen molar-refractivity contribution in [3.05, 3.63) is 0 Å². The molecule has 39 heavy (non-hydrogen) atoms. The fraction of sp³-hybridized carbons (Fsp3) is 1.00. The van der Waals surface area contributed by atoms with Gasteiger partial charge in [-0.25, -0.2) is 0 Å². The molecule has 4 heterocycles. The number of fused-ring (bicyclic) bond motifs is 6. The van der Waals surface area contributed by atoms with Crippen molar-refractivity contribution in [3.63, 3.8) is 0 Å². The molecule has 6 bridgehead atoms. The molecule has 0 amide bonds. The Labute approximate surface area is 241 Å². The van der Waals surface area contributed by atoms with Crippen LogP contribution >= 0.6 is 0 Å². The lowest BCUT2D eigenvalue weighted by molar-refractivity contribution is 0.0179. The molecule has 0 aromatic carbocycles. The van der Waals surface area contributed by atoms with Gasteiger partial charge in [0.2, 0.25) is 0 Å². The number of hydrogen-bond acceptors (Lipinski definition) is 15. The molecular formula is C14H42O15Si10. The van der Waals surface area contributed by atoms with Crippen molar-refractivity contribution in [1.29, 1.82) is 0 Å². The van der Waals surface area contributed by atoms with Crippen LogP contribution in [0.2, 0.25) is 78.6 Å². The minimum absolute atomic E-state index is 1.50. The monoisotopic (exact) mass is 730 g/mol. The number of rotatable bonds is 2. The Bertz CT molecular complexity index is 917. The normalized spacial score (nSPS) is 54.0. The van der Waals surface area contributed by atoms with Gasteiger partial charge in [0.15, 0.2) is 0 Å². The Hall–Kier alpha value is 1.57. The lowest BCUT2D eigenvalue weighted by atomic mass is 11.8. The first-order valence-electron chi connectivity index (χ1n) is 12.5. The van der Waals surface area contributed by atoms with E-state index >= 15 is 0 Å². The highest BCUT2D eigenvalue weighted by Crippen LogP contribution is 2.43. The van der Waals surface area contributed by atoms with Crippen LogP contribution in [-0.2, 0) is 62.3 Å². The molecule has 228 valence electrons. The summed E-state index contributed by atoms with van der Waals surface area (Å²) in [5.74, 6) is 0. The van der Waals surface area contributed by atoms with Crippen molar-refractivity contribution in [2.24, 2.45) is 0 Å². The average molecular weight is 731 g/mol. The summed E-state index contributed by atoms with van der Waals surface area (Å²) in [5, 5.41) is 0. The van der Waals surface area contributed by atoms with Crippen LogP contribution in [0.5, 0.6) is 0 Å². The highest BCUT2D eigenvalue weighted by Gasteiger charge is 2.73. The molecule has 0 aromatic heterocycles. The van der Waals surface area contributed by atoms with Crippen molar-refractivity contribution in [1.82, 2.24) is 0 Å². The molecular weight excluding hydrogens is 689 g/mol. The highest BCUT2D eigenvalue weighted by molar-refractivity contribution is 6.99. The van der Waals surface area contributed by atoms with Gasteiger partial charge in [0.05, 0.1) is 0 Å². The van der Waals surface area contributed by atoms with Crippen LogP contribution < -0.4 is 0 Å². The van der Waals surface area contributed by atoms with Crippen LogP contribution in [0.15, 0.2) is 0 Å². The molecule has 4 rings (SSSR count). The van der Waals surface area contributed by atoms with Gasteiger partial charge in [-0.3, -0.25) is 0 Å². The molecule has 15 nitrogen and oxygen atoms in total. The summed E-state index contributed by atoms with van der Waals surface area (Å²) in [4.78, 5) is 0. The van der Waals surface area contributed by atoms with Gasteiger partial charge >= 0.3 is 87.6 Å². The first-order valence-corrected chi connectivity index (χ1v) is 36.0. The average Bonchev–Trinajstić information content (AvgIpc) is 2.58. The third-order valence-corrected chi connectivity index (χ3v) is 47.8. The largest absolute Gasteiger partial charge is 0.482 e. The molecule has 4 saturated heterocycles. The third-order valence-electron chi connectivity index (χ3n) is 5.80. The van der Waals surface area contributed by atoms with Gasteiger partial charge in [-0.1, -0.05) is 0 Å². The zero-order valence-corrected chi connectivity index (χ0v) is 35.1.